The molecule has 2 aliphatic rings. The summed E-state index contributed by atoms with van der Waals surface area (Å²) in [6, 6.07) is 12.3. The van der Waals surface area contributed by atoms with Crippen molar-refractivity contribution in [1.29, 1.82) is 0 Å². The summed E-state index contributed by atoms with van der Waals surface area (Å²) in [4.78, 5) is 33.7. The second-order valence-electron chi connectivity index (χ2n) is 9.70. The molecule has 2 fully saturated rings. The van der Waals surface area contributed by atoms with Gasteiger partial charge in [0.1, 0.15) is 0 Å². The van der Waals surface area contributed by atoms with Gasteiger partial charge in [0.15, 0.2) is 5.82 Å². The fourth-order valence-electron chi connectivity index (χ4n) is 4.32. The van der Waals surface area contributed by atoms with Crippen molar-refractivity contribution in [2.24, 2.45) is 5.92 Å². The molecule has 0 spiro atoms. The molecule has 1 saturated carbocycles. The maximum Gasteiger partial charge on any atom is 0.242 e. The van der Waals surface area contributed by atoms with Crippen LogP contribution >= 0.6 is 0 Å². The molecule has 1 aliphatic carbocycles. The zero-order valence-corrected chi connectivity index (χ0v) is 20.6. The summed E-state index contributed by atoms with van der Waals surface area (Å²) in [6.45, 7) is 6.26. The van der Waals surface area contributed by atoms with E-state index in [4.69, 9.17) is 0 Å². The molecule has 2 amide bonds. The molecule has 2 heterocycles. The molecular weight excluding hydrogens is 428 g/mol. The Morgan fingerprint density at radius 1 is 0.941 bits per heavy atom. The summed E-state index contributed by atoms with van der Waals surface area (Å²) < 4.78 is 0. The molecule has 8 heteroatoms. The number of carbonyl (C=O) groups is 2. The van der Waals surface area contributed by atoms with Crippen LogP contribution in [0.5, 0.6) is 0 Å². The molecule has 1 saturated heterocycles. The molecule has 0 radical (unpaired) electrons. The summed E-state index contributed by atoms with van der Waals surface area (Å²) in [5, 5.41) is 8.84. The van der Waals surface area contributed by atoms with Crippen molar-refractivity contribution in [2.75, 3.05) is 64.8 Å². The van der Waals surface area contributed by atoms with Gasteiger partial charge in [0.25, 0.3) is 0 Å². The van der Waals surface area contributed by atoms with Crippen molar-refractivity contribution in [1.82, 2.24) is 24.9 Å². The maximum absolute atomic E-state index is 13.0. The van der Waals surface area contributed by atoms with Crippen molar-refractivity contribution < 1.29 is 9.59 Å². The van der Waals surface area contributed by atoms with Gasteiger partial charge in [-0.2, -0.15) is 0 Å². The fourth-order valence-corrected chi connectivity index (χ4v) is 4.32. The number of hydrogen-bond donors (Lipinski definition) is 0. The predicted octanol–water partition coefficient (Wildman–Crippen LogP) is 2.29. The van der Waals surface area contributed by atoms with E-state index >= 15 is 0 Å². The number of likely N-dealkylation sites (N-methyl/N-ethyl adjacent to an activating group) is 1. The van der Waals surface area contributed by atoms with Crippen molar-refractivity contribution >= 4 is 17.6 Å². The average molecular weight is 465 g/mol. The van der Waals surface area contributed by atoms with Crippen LogP contribution in [0.15, 0.2) is 36.4 Å². The highest BCUT2D eigenvalue weighted by Crippen LogP contribution is 2.28. The van der Waals surface area contributed by atoms with Crippen molar-refractivity contribution in [3.05, 3.63) is 42.0 Å². The van der Waals surface area contributed by atoms with Gasteiger partial charge in [-0.3, -0.25) is 9.59 Å². The van der Waals surface area contributed by atoms with Gasteiger partial charge in [0, 0.05) is 50.7 Å². The summed E-state index contributed by atoms with van der Waals surface area (Å²) >= 11 is 0. The van der Waals surface area contributed by atoms with Gasteiger partial charge in [-0.15, -0.1) is 10.2 Å². The lowest BCUT2D eigenvalue weighted by Gasteiger charge is -2.37. The number of anilines is 1. The van der Waals surface area contributed by atoms with Crippen molar-refractivity contribution in [3.8, 4) is 11.3 Å². The number of carbonyl (C=O) groups excluding carboxylic acids is 2. The minimum Gasteiger partial charge on any atom is -0.352 e. The minimum absolute atomic E-state index is 0.0342. The minimum atomic E-state index is 0.0342. The summed E-state index contributed by atoms with van der Waals surface area (Å²) in [7, 11) is 3.98. The zero-order chi connectivity index (χ0) is 24.1. The van der Waals surface area contributed by atoms with E-state index in [2.05, 4.69) is 51.2 Å². The molecule has 0 bridgehead atoms. The van der Waals surface area contributed by atoms with Crippen molar-refractivity contribution in [3.63, 3.8) is 0 Å². The number of hydrogen-bond acceptors (Lipinski definition) is 6. The largest absolute Gasteiger partial charge is 0.352 e. The Hall–Kier alpha value is -3.00. The first kappa shape index (κ1) is 24.1. The lowest BCUT2D eigenvalue weighted by atomic mass is 9.84. The van der Waals surface area contributed by atoms with E-state index in [0.29, 0.717) is 32.7 Å². The molecule has 2 aromatic rings. The Morgan fingerprint density at radius 3 is 2.21 bits per heavy atom. The van der Waals surface area contributed by atoms with Crippen LogP contribution < -0.4 is 4.90 Å². The molecule has 1 aromatic carbocycles. The van der Waals surface area contributed by atoms with Gasteiger partial charge in [-0.05, 0) is 46.0 Å². The quantitative estimate of drug-likeness (QED) is 0.597. The third-order valence-corrected chi connectivity index (χ3v) is 6.86. The van der Waals surface area contributed by atoms with Crippen LogP contribution in [0.25, 0.3) is 11.3 Å². The highest BCUT2D eigenvalue weighted by Gasteiger charge is 2.32. The second kappa shape index (κ2) is 11.0. The predicted molar refractivity (Wildman–Crippen MR) is 133 cm³/mol. The molecule has 1 aromatic heterocycles. The van der Waals surface area contributed by atoms with Crippen LogP contribution in [0.4, 0.5) is 5.82 Å². The first-order valence-electron chi connectivity index (χ1n) is 12.3. The molecular formula is C26H36N6O2. The molecule has 0 atom stereocenters. The molecule has 8 nitrogen and oxygen atoms in total. The smallest absolute Gasteiger partial charge is 0.242 e. The number of aryl methyl sites for hydroxylation is 1. The fraction of sp³-hybridized carbons (Fsp3) is 0.538. The number of aromatic nitrogens is 2. The van der Waals surface area contributed by atoms with Crippen LogP contribution in [-0.2, 0) is 9.59 Å². The highest BCUT2D eigenvalue weighted by atomic mass is 16.2. The lowest BCUT2D eigenvalue weighted by Crippen LogP contribution is -2.53. The SMILES string of the molecule is Cc1ccc(-c2ccc(N3CCN(C(=O)CN(CCN(C)C)C(=O)C4CCC4)CC3)nn2)cc1. The van der Waals surface area contributed by atoms with Crippen LogP contribution in [0, 0.1) is 12.8 Å². The topological polar surface area (TPSA) is 72.9 Å². The number of amides is 2. The van der Waals surface area contributed by atoms with Crippen LogP contribution in [0.3, 0.4) is 0 Å². The first-order valence-corrected chi connectivity index (χ1v) is 12.3. The van der Waals surface area contributed by atoms with E-state index in [1.807, 2.05) is 31.1 Å². The Labute approximate surface area is 202 Å². The summed E-state index contributed by atoms with van der Waals surface area (Å²) in [5.41, 5.74) is 3.12. The lowest BCUT2D eigenvalue weighted by molar-refractivity contribution is -0.145. The Balaban J connectivity index is 1.31. The maximum atomic E-state index is 13.0. The van der Waals surface area contributed by atoms with Gasteiger partial charge >= 0.3 is 0 Å². The third-order valence-electron chi connectivity index (χ3n) is 6.86. The summed E-state index contributed by atoms with van der Waals surface area (Å²) in [5.74, 6) is 1.11. The van der Waals surface area contributed by atoms with Crippen LogP contribution in [0.1, 0.15) is 24.8 Å². The monoisotopic (exact) mass is 464 g/mol. The number of benzene rings is 1. The number of rotatable bonds is 8. The standard InChI is InChI=1S/C26H36N6O2/c1-20-7-9-21(10-8-20)23-11-12-24(28-27-23)30-15-17-31(18-16-30)25(33)19-32(14-13-29(2)3)26(34)22-5-4-6-22/h7-12,22H,4-6,13-19H2,1-3H3. The molecule has 4 rings (SSSR count). The summed E-state index contributed by atoms with van der Waals surface area (Å²) in [6.07, 6.45) is 3.02. The Bertz CT molecular complexity index is 964. The molecule has 182 valence electrons. The molecule has 34 heavy (non-hydrogen) atoms. The first-order chi connectivity index (χ1) is 16.4. The van der Waals surface area contributed by atoms with E-state index in [9.17, 15) is 9.59 Å². The van der Waals surface area contributed by atoms with E-state index in [0.717, 1.165) is 42.9 Å². The normalized spacial score (nSPS) is 16.5. The van der Waals surface area contributed by atoms with E-state index in [1.165, 1.54) is 5.56 Å². The number of nitrogens with zero attached hydrogens (tertiary/aromatic N) is 6. The van der Waals surface area contributed by atoms with Gasteiger partial charge in [-0.1, -0.05) is 36.2 Å². The average Bonchev–Trinajstić information content (AvgIpc) is 2.81. The third kappa shape index (κ3) is 5.91. The van der Waals surface area contributed by atoms with Gasteiger partial charge < -0.3 is 19.6 Å². The zero-order valence-electron chi connectivity index (χ0n) is 20.6. The van der Waals surface area contributed by atoms with Gasteiger partial charge in [0.05, 0.1) is 12.2 Å². The van der Waals surface area contributed by atoms with E-state index in [1.54, 1.807) is 4.90 Å². The van der Waals surface area contributed by atoms with Crippen LogP contribution in [-0.4, -0.2) is 96.6 Å². The molecule has 1 aliphatic heterocycles. The second-order valence-corrected chi connectivity index (χ2v) is 9.70. The van der Waals surface area contributed by atoms with Gasteiger partial charge in [-0.25, -0.2) is 0 Å². The molecule has 0 unspecified atom stereocenters. The van der Waals surface area contributed by atoms with Crippen molar-refractivity contribution in [2.45, 2.75) is 26.2 Å². The Morgan fingerprint density at radius 2 is 1.65 bits per heavy atom. The van der Waals surface area contributed by atoms with E-state index < -0.39 is 0 Å². The van der Waals surface area contributed by atoms with Gasteiger partial charge in [0.2, 0.25) is 11.8 Å². The number of piperazine rings is 1. The Kier molecular flexibility index (Phi) is 7.77. The highest BCUT2D eigenvalue weighted by molar-refractivity contribution is 5.86. The van der Waals surface area contributed by atoms with Crippen LogP contribution in [0.2, 0.25) is 0 Å². The molecule has 0 N–H and O–H groups in total. The van der Waals surface area contributed by atoms with E-state index in [-0.39, 0.29) is 24.3 Å².